The van der Waals surface area contributed by atoms with E-state index in [-0.39, 0.29) is 0 Å². The lowest BCUT2D eigenvalue weighted by atomic mass is 10.0. The van der Waals surface area contributed by atoms with E-state index < -0.39 is 0 Å². The average Bonchev–Trinajstić information content (AvgIpc) is 3.95. The predicted octanol–water partition coefficient (Wildman–Crippen LogP) is 13.0. The molecule has 0 spiro atoms. The third kappa shape index (κ3) is 4.81. The Morgan fingerprint density at radius 1 is 0.351 bits per heavy atom. The molecule has 0 unspecified atom stereocenters. The van der Waals surface area contributed by atoms with Gasteiger partial charge in [-0.15, -0.1) is 0 Å². The molecule has 0 fully saturated rings. The Morgan fingerprint density at radius 3 is 1.46 bits per heavy atom. The van der Waals surface area contributed by atoms with Gasteiger partial charge in [0, 0.05) is 38.1 Å². The standard InChI is InChI=1S/C51H31N5O/c1-4-16-32(17-5-1)35-30-43(46-40-24-12-15-27-44(40)57-45(46)31-35)55-41-25-13-10-22-36(41)38-28-29-39-37-23-11-14-26-42(37)56(48(39)47(38)55)51-53-49(33-18-6-2-7-19-33)52-50(54-51)34-20-8-3-9-21-34/h1-31H. The van der Waals surface area contributed by atoms with E-state index in [2.05, 4.69) is 155 Å². The molecule has 6 heteroatoms. The van der Waals surface area contributed by atoms with Crippen molar-refractivity contribution in [1.29, 1.82) is 0 Å². The first-order valence-corrected chi connectivity index (χ1v) is 19.1. The minimum Gasteiger partial charge on any atom is -0.456 e. The maximum absolute atomic E-state index is 6.67. The number of furan rings is 1. The Hall–Kier alpha value is -7.83. The van der Waals surface area contributed by atoms with Crippen LogP contribution >= 0.6 is 0 Å². The Balaban J connectivity index is 1.28. The summed E-state index contributed by atoms with van der Waals surface area (Å²) in [6.45, 7) is 0. The van der Waals surface area contributed by atoms with Crippen LogP contribution in [0.15, 0.2) is 192 Å². The van der Waals surface area contributed by atoms with Crippen molar-refractivity contribution in [1.82, 2.24) is 24.1 Å². The summed E-state index contributed by atoms with van der Waals surface area (Å²) in [4.78, 5) is 15.6. The number of aromatic nitrogens is 5. The van der Waals surface area contributed by atoms with Crippen LogP contribution in [0.2, 0.25) is 0 Å². The lowest BCUT2D eigenvalue weighted by Crippen LogP contribution is -2.07. The number of fused-ring (bicyclic) bond motifs is 10. The zero-order chi connectivity index (χ0) is 37.5. The topological polar surface area (TPSA) is 61.7 Å². The second-order valence-electron chi connectivity index (χ2n) is 14.4. The third-order valence-electron chi connectivity index (χ3n) is 11.2. The Labute approximate surface area is 326 Å². The molecule has 0 radical (unpaired) electrons. The predicted molar refractivity (Wildman–Crippen MR) is 232 cm³/mol. The second-order valence-corrected chi connectivity index (χ2v) is 14.4. The summed E-state index contributed by atoms with van der Waals surface area (Å²) in [5.41, 5.74) is 11.0. The molecule has 0 bridgehead atoms. The molecule has 4 aromatic heterocycles. The van der Waals surface area contributed by atoms with E-state index in [1.165, 1.54) is 0 Å². The molecule has 0 amide bonds. The summed E-state index contributed by atoms with van der Waals surface area (Å²) in [5.74, 6) is 1.77. The minimum absolute atomic E-state index is 0.551. The van der Waals surface area contributed by atoms with Crippen molar-refractivity contribution in [3.63, 3.8) is 0 Å². The van der Waals surface area contributed by atoms with Crippen molar-refractivity contribution in [2.24, 2.45) is 0 Å². The van der Waals surface area contributed by atoms with Crippen LogP contribution in [0.1, 0.15) is 0 Å². The van der Waals surface area contributed by atoms with E-state index in [4.69, 9.17) is 19.4 Å². The lowest BCUT2D eigenvalue weighted by molar-refractivity contribution is 0.669. The average molecular weight is 730 g/mol. The molecule has 0 atom stereocenters. The zero-order valence-electron chi connectivity index (χ0n) is 30.5. The highest BCUT2D eigenvalue weighted by Gasteiger charge is 2.25. The van der Waals surface area contributed by atoms with Crippen LogP contribution in [0.4, 0.5) is 0 Å². The van der Waals surface area contributed by atoms with E-state index in [0.717, 1.165) is 93.5 Å². The van der Waals surface area contributed by atoms with Gasteiger partial charge in [0.25, 0.3) is 0 Å². The molecule has 57 heavy (non-hydrogen) atoms. The fourth-order valence-corrected chi connectivity index (χ4v) is 8.66. The van der Waals surface area contributed by atoms with Gasteiger partial charge in [-0.1, -0.05) is 158 Å². The summed E-state index contributed by atoms with van der Waals surface area (Å²) in [7, 11) is 0. The van der Waals surface area contributed by atoms with Gasteiger partial charge in [-0.25, -0.2) is 4.98 Å². The molecule has 8 aromatic carbocycles. The smallest absolute Gasteiger partial charge is 0.238 e. The third-order valence-corrected chi connectivity index (χ3v) is 11.2. The first kappa shape index (κ1) is 31.5. The van der Waals surface area contributed by atoms with Gasteiger partial charge >= 0.3 is 0 Å². The van der Waals surface area contributed by atoms with Crippen molar-refractivity contribution in [2.75, 3.05) is 0 Å². The maximum atomic E-state index is 6.67. The Morgan fingerprint density at radius 2 is 0.842 bits per heavy atom. The highest BCUT2D eigenvalue weighted by atomic mass is 16.3. The number of rotatable bonds is 5. The summed E-state index contributed by atoms with van der Waals surface area (Å²) in [6, 6.07) is 65.5. The molecule has 0 aliphatic rings. The number of hydrogen-bond donors (Lipinski definition) is 0. The molecule has 0 saturated heterocycles. The molecule has 0 N–H and O–H groups in total. The van der Waals surface area contributed by atoms with Gasteiger partial charge in [-0.3, -0.25) is 4.57 Å². The summed E-state index contributed by atoms with van der Waals surface area (Å²) >= 11 is 0. The van der Waals surface area contributed by atoms with Gasteiger partial charge in [0.1, 0.15) is 11.2 Å². The number of benzene rings is 8. The van der Waals surface area contributed by atoms with Crippen LogP contribution in [0, 0.1) is 0 Å². The molecule has 0 saturated carbocycles. The molecule has 6 nitrogen and oxygen atoms in total. The Bertz CT molecular complexity index is 3450. The molecule has 4 heterocycles. The largest absolute Gasteiger partial charge is 0.456 e. The minimum atomic E-state index is 0.551. The Kier molecular flexibility index (Phi) is 6.83. The highest BCUT2D eigenvalue weighted by Crippen LogP contribution is 2.45. The number of hydrogen-bond acceptors (Lipinski definition) is 4. The van der Waals surface area contributed by atoms with Crippen molar-refractivity contribution in [2.45, 2.75) is 0 Å². The highest BCUT2D eigenvalue weighted by molar-refractivity contribution is 6.25. The van der Waals surface area contributed by atoms with Crippen LogP contribution in [0.5, 0.6) is 0 Å². The number of para-hydroxylation sites is 3. The second kappa shape index (κ2) is 12.3. The monoisotopic (exact) mass is 729 g/mol. The molecular weight excluding hydrogens is 699 g/mol. The van der Waals surface area contributed by atoms with Crippen molar-refractivity contribution in [3.8, 4) is 45.5 Å². The van der Waals surface area contributed by atoms with Crippen LogP contribution in [-0.2, 0) is 0 Å². The molecule has 0 aliphatic heterocycles. The van der Waals surface area contributed by atoms with Gasteiger partial charge in [-0.05, 0) is 41.5 Å². The fourth-order valence-electron chi connectivity index (χ4n) is 8.66. The first-order chi connectivity index (χ1) is 28.3. The number of nitrogens with zero attached hydrogens (tertiary/aromatic N) is 5. The van der Waals surface area contributed by atoms with Crippen molar-refractivity contribution >= 4 is 65.6 Å². The van der Waals surface area contributed by atoms with Gasteiger partial charge in [0.2, 0.25) is 5.95 Å². The van der Waals surface area contributed by atoms with E-state index in [0.29, 0.717) is 17.6 Å². The lowest BCUT2D eigenvalue weighted by Gasteiger charge is -2.15. The summed E-state index contributed by atoms with van der Waals surface area (Å²) in [6.07, 6.45) is 0. The fraction of sp³-hybridized carbons (Fsp3) is 0. The normalized spacial score (nSPS) is 11.9. The maximum Gasteiger partial charge on any atom is 0.238 e. The molecule has 0 aliphatic carbocycles. The van der Waals surface area contributed by atoms with Gasteiger partial charge in [0.15, 0.2) is 11.6 Å². The van der Waals surface area contributed by atoms with Crippen LogP contribution in [0.3, 0.4) is 0 Å². The van der Waals surface area contributed by atoms with Crippen LogP contribution in [0.25, 0.3) is 111 Å². The molecular formula is C51H31N5O. The van der Waals surface area contributed by atoms with E-state index in [1.54, 1.807) is 0 Å². The van der Waals surface area contributed by atoms with Gasteiger partial charge in [-0.2, -0.15) is 9.97 Å². The molecule has 12 rings (SSSR count). The van der Waals surface area contributed by atoms with Gasteiger partial charge < -0.3 is 8.98 Å². The molecule has 266 valence electrons. The van der Waals surface area contributed by atoms with Crippen LogP contribution < -0.4 is 0 Å². The molecule has 12 aromatic rings. The van der Waals surface area contributed by atoms with Crippen molar-refractivity contribution in [3.05, 3.63) is 188 Å². The van der Waals surface area contributed by atoms with Crippen LogP contribution in [-0.4, -0.2) is 24.1 Å². The SMILES string of the molecule is c1ccc(-c2cc(-n3c4ccccc4c4ccc5c6ccccc6n(-c6nc(-c7ccccc7)nc(-c7ccccc7)n6)c5c43)c3c(c2)oc2ccccc23)cc1. The summed E-state index contributed by atoms with van der Waals surface area (Å²) < 4.78 is 11.4. The van der Waals surface area contributed by atoms with Gasteiger partial charge in [0.05, 0.1) is 33.1 Å². The summed E-state index contributed by atoms with van der Waals surface area (Å²) in [5, 5.41) is 6.64. The zero-order valence-corrected chi connectivity index (χ0v) is 30.5. The van der Waals surface area contributed by atoms with E-state index >= 15 is 0 Å². The van der Waals surface area contributed by atoms with E-state index in [1.807, 2.05) is 42.5 Å². The van der Waals surface area contributed by atoms with Crippen molar-refractivity contribution < 1.29 is 4.42 Å². The quantitative estimate of drug-likeness (QED) is 0.177. The first-order valence-electron chi connectivity index (χ1n) is 19.1. The van der Waals surface area contributed by atoms with E-state index in [9.17, 15) is 0 Å².